The van der Waals surface area contributed by atoms with Crippen molar-refractivity contribution < 1.29 is 18.3 Å². The SMILES string of the molecule is Cc1ccc(C2OC(NS(=O)(=O)c3ccc(C)cc3)=NC2CO)cc1. The summed E-state index contributed by atoms with van der Waals surface area (Å²) in [5.41, 5.74) is 2.90. The highest BCUT2D eigenvalue weighted by Crippen LogP contribution is 2.29. The normalized spacial score (nSPS) is 20.0. The summed E-state index contributed by atoms with van der Waals surface area (Å²) >= 11 is 0. The van der Waals surface area contributed by atoms with Gasteiger partial charge in [-0.15, -0.1) is 0 Å². The van der Waals surface area contributed by atoms with Crippen molar-refractivity contribution in [2.45, 2.75) is 30.9 Å². The summed E-state index contributed by atoms with van der Waals surface area (Å²) in [5, 5.41) is 9.55. The van der Waals surface area contributed by atoms with Gasteiger partial charge in [-0.25, -0.2) is 18.1 Å². The minimum absolute atomic E-state index is 0.106. The minimum Gasteiger partial charge on any atom is -0.454 e. The number of hydrogen-bond acceptors (Lipinski definition) is 5. The Hall–Kier alpha value is -2.38. The molecule has 2 atom stereocenters. The van der Waals surface area contributed by atoms with Crippen molar-refractivity contribution in [3.8, 4) is 0 Å². The third-order valence-corrected chi connectivity index (χ3v) is 5.35. The third kappa shape index (κ3) is 3.83. The molecular weight excluding hydrogens is 340 g/mol. The van der Waals surface area contributed by atoms with Crippen LogP contribution in [0.1, 0.15) is 22.8 Å². The van der Waals surface area contributed by atoms with E-state index in [9.17, 15) is 13.5 Å². The van der Waals surface area contributed by atoms with Gasteiger partial charge in [-0.1, -0.05) is 47.5 Å². The molecule has 0 fully saturated rings. The molecule has 2 N–H and O–H groups in total. The van der Waals surface area contributed by atoms with E-state index >= 15 is 0 Å². The van der Waals surface area contributed by atoms with Gasteiger partial charge in [0.25, 0.3) is 16.0 Å². The second-order valence-electron chi connectivity index (χ2n) is 6.05. The maximum Gasteiger partial charge on any atom is 0.300 e. The molecule has 2 unspecified atom stereocenters. The number of amidine groups is 1. The van der Waals surface area contributed by atoms with Crippen molar-refractivity contribution in [3.05, 3.63) is 65.2 Å². The van der Waals surface area contributed by atoms with Crippen molar-refractivity contribution in [1.82, 2.24) is 4.72 Å². The molecule has 25 heavy (non-hydrogen) atoms. The molecule has 6 nitrogen and oxygen atoms in total. The molecule has 3 rings (SSSR count). The van der Waals surface area contributed by atoms with Gasteiger partial charge in [0.2, 0.25) is 0 Å². The van der Waals surface area contributed by atoms with Crippen molar-refractivity contribution in [3.63, 3.8) is 0 Å². The number of aryl methyl sites for hydroxylation is 2. The number of rotatable bonds is 4. The zero-order chi connectivity index (χ0) is 18.0. The minimum atomic E-state index is -3.79. The Morgan fingerprint density at radius 3 is 2.16 bits per heavy atom. The molecular formula is C18H20N2O4S. The number of benzene rings is 2. The summed E-state index contributed by atoms with van der Waals surface area (Å²) in [4.78, 5) is 4.30. The number of ether oxygens (including phenoxy) is 1. The molecule has 0 aliphatic carbocycles. The van der Waals surface area contributed by atoms with E-state index in [1.165, 1.54) is 12.1 Å². The van der Waals surface area contributed by atoms with Gasteiger partial charge in [0.1, 0.15) is 6.04 Å². The molecule has 132 valence electrons. The molecule has 2 aromatic carbocycles. The smallest absolute Gasteiger partial charge is 0.300 e. The Morgan fingerprint density at radius 1 is 1.04 bits per heavy atom. The second kappa shape index (κ2) is 6.85. The number of sulfonamides is 1. The largest absolute Gasteiger partial charge is 0.454 e. The lowest BCUT2D eigenvalue weighted by atomic mass is 10.0. The first-order valence-electron chi connectivity index (χ1n) is 7.90. The summed E-state index contributed by atoms with van der Waals surface area (Å²) in [6.07, 6.45) is -0.527. The average molecular weight is 360 g/mol. The van der Waals surface area contributed by atoms with Gasteiger partial charge in [0, 0.05) is 0 Å². The zero-order valence-electron chi connectivity index (χ0n) is 14.0. The number of nitrogens with zero attached hydrogens (tertiary/aromatic N) is 1. The van der Waals surface area contributed by atoms with Crippen LogP contribution >= 0.6 is 0 Å². The first kappa shape index (κ1) is 17.4. The zero-order valence-corrected chi connectivity index (χ0v) is 14.8. The first-order chi connectivity index (χ1) is 11.9. The Labute approximate surface area is 147 Å². The van der Waals surface area contributed by atoms with E-state index in [-0.39, 0.29) is 17.5 Å². The highest BCUT2D eigenvalue weighted by Gasteiger charge is 2.33. The van der Waals surface area contributed by atoms with E-state index in [0.29, 0.717) is 0 Å². The Morgan fingerprint density at radius 2 is 1.60 bits per heavy atom. The lowest BCUT2D eigenvalue weighted by Gasteiger charge is -2.16. The van der Waals surface area contributed by atoms with Crippen molar-refractivity contribution >= 4 is 16.0 Å². The quantitative estimate of drug-likeness (QED) is 0.874. The molecule has 2 aromatic rings. The standard InChI is InChI=1S/C18H20N2O4S/c1-12-3-7-14(8-4-12)17-16(11-21)19-18(24-17)20-25(22,23)15-9-5-13(2)6-10-15/h3-10,16-17,21H,11H2,1-2H3,(H,19,20). The van der Waals surface area contributed by atoms with Gasteiger partial charge < -0.3 is 9.84 Å². The first-order valence-corrected chi connectivity index (χ1v) is 9.39. The van der Waals surface area contributed by atoms with Crippen LogP contribution in [-0.2, 0) is 14.8 Å². The van der Waals surface area contributed by atoms with Gasteiger partial charge in [0.05, 0.1) is 11.5 Å². The van der Waals surface area contributed by atoms with E-state index < -0.39 is 22.2 Å². The van der Waals surface area contributed by atoms with E-state index in [1.807, 2.05) is 38.1 Å². The molecule has 1 aliphatic rings. The number of aliphatic imine (C=N–C) groups is 1. The van der Waals surface area contributed by atoms with E-state index in [0.717, 1.165) is 16.7 Å². The molecule has 0 saturated carbocycles. The average Bonchev–Trinajstić information content (AvgIpc) is 2.98. The number of hydrogen-bond donors (Lipinski definition) is 2. The molecule has 0 saturated heterocycles. The summed E-state index contributed by atoms with van der Waals surface area (Å²) in [7, 11) is -3.79. The van der Waals surface area contributed by atoms with Crippen molar-refractivity contribution in [2.24, 2.45) is 4.99 Å². The predicted octanol–water partition coefficient (Wildman–Crippen LogP) is 2.07. The molecule has 0 spiro atoms. The van der Waals surface area contributed by atoms with Gasteiger partial charge >= 0.3 is 0 Å². The maximum atomic E-state index is 12.4. The highest BCUT2D eigenvalue weighted by molar-refractivity contribution is 7.90. The molecule has 0 aromatic heterocycles. The second-order valence-corrected chi connectivity index (χ2v) is 7.73. The number of aliphatic hydroxyl groups is 1. The third-order valence-electron chi connectivity index (χ3n) is 4.02. The monoisotopic (exact) mass is 360 g/mol. The van der Waals surface area contributed by atoms with Crippen LogP contribution in [0.15, 0.2) is 58.4 Å². The van der Waals surface area contributed by atoms with Crippen LogP contribution in [0.5, 0.6) is 0 Å². The number of nitrogens with one attached hydrogen (secondary N) is 1. The van der Waals surface area contributed by atoms with Gasteiger partial charge in [-0.2, -0.15) is 0 Å². The van der Waals surface area contributed by atoms with E-state index in [1.54, 1.807) is 12.1 Å². The lowest BCUT2D eigenvalue weighted by Crippen LogP contribution is -2.31. The molecule has 0 amide bonds. The van der Waals surface area contributed by atoms with Crippen LogP contribution in [0.2, 0.25) is 0 Å². The van der Waals surface area contributed by atoms with Crippen molar-refractivity contribution in [2.75, 3.05) is 6.61 Å². The molecule has 7 heteroatoms. The van der Waals surface area contributed by atoms with Gasteiger partial charge in [-0.3, -0.25) is 0 Å². The maximum absolute atomic E-state index is 12.4. The lowest BCUT2D eigenvalue weighted by molar-refractivity contribution is 0.149. The molecule has 0 radical (unpaired) electrons. The predicted molar refractivity (Wildman–Crippen MR) is 94.8 cm³/mol. The highest BCUT2D eigenvalue weighted by atomic mass is 32.2. The van der Waals surface area contributed by atoms with Crippen LogP contribution in [0.4, 0.5) is 0 Å². The van der Waals surface area contributed by atoms with Crippen LogP contribution in [0, 0.1) is 13.8 Å². The van der Waals surface area contributed by atoms with E-state index in [2.05, 4.69) is 9.71 Å². The van der Waals surface area contributed by atoms with Crippen LogP contribution < -0.4 is 4.72 Å². The molecule has 1 heterocycles. The fraction of sp³-hybridized carbons (Fsp3) is 0.278. The van der Waals surface area contributed by atoms with Crippen LogP contribution in [-0.4, -0.2) is 32.2 Å². The Balaban J connectivity index is 1.79. The summed E-state index contributed by atoms with van der Waals surface area (Å²) in [6.45, 7) is 3.61. The summed E-state index contributed by atoms with van der Waals surface area (Å²) < 4.78 is 32.9. The molecule has 1 aliphatic heterocycles. The van der Waals surface area contributed by atoms with E-state index in [4.69, 9.17) is 4.74 Å². The Kier molecular flexibility index (Phi) is 4.78. The summed E-state index contributed by atoms with van der Waals surface area (Å²) in [5.74, 6) is 0. The fourth-order valence-electron chi connectivity index (χ4n) is 2.57. The van der Waals surface area contributed by atoms with Crippen molar-refractivity contribution in [1.29, 1.82) is 0 Å². The van der Waals surface area contributed by atoms with Gasteiger partial charge in [0.15, 0.2) is 6.10 Å². The van der Waals surface area contributed by atoms with Crippen LogP contribution in [0.25, 0.3) is 0 Å². The fourth-order valence-corrected chi connectivity index (χ4v) is 3.52. The Bertz CT molecular complexity index is 874. The van der Waals surface area contributed by atoms with Gasteiger partial charge in [-0.05, 0) is 31.5 Å². The molecule has 0 bridgehead atoms. The van der Waals surface area contributed by atoms with Crippen LogP contribution in [0.3, 0.4) is 0 Å². The topological polar surface area (TPSA) is 88.0 Å². The number of aliphatic hydroxyl groups excluding tert-OH is 1. The summed E-state index contributed by atoms with van der Waals surface area (Å²) in [6, 6.07) is 13.5.